The van der Waals surface area contributed by atoms with Crippen molar-refractivity contribution in [1.82, 2.24) is 0 Å². The van der Waals surface area contributed by atoms with Crippen LogP contribution >= 0.6 is 0 Å². The van der Waals surface area contributed by atoms with E-state index >= 15 is 0 Å². The maximum atomic E-state index is 14.2. The van der Waals surface area contributed by atoms with Crippen molar-refractivity contribution in [1.29, 1.82) is 0 Å². The normalized spacial score (nSPS) is 13.6. The molecule has 2 aromatic rings. The van der Waals surface area contributed by atoms with Gasteiger partial charge in [0.25, 0.3) is 0 Å². The van der Waals surface area contributed by atoms with Crippen LogP contribution in [-0.2, 0) is 25.2 Å². The summed E-state index contributed by atoms with van der Waals surface area (Å²) in [7, 11) is 2.23. The smallest absolute Gasteiger partial charge is 0.416 e. The number of ether oxygens (including phenoxy) is 3. The summed E-state index contributed by atoms with van der Waals surface area (Å²) in [6, 6.07) is 5.67. The second-order valence-electron chi connectivity index (χ2n) is 6.68. The summed E-state index contributed by atoms with van der Waals surface area (Å²) < 4.78 is 81.4. The SMILES string of the molecule is COC(=O)C1=C(C(=O)OC)N(c2cccc(Oc3c(F)cc(C(F)(F)F)cc3F)c2)C=CC=C1. The van der Waals surface area contributed by atoms with Crippen molar-refractivity contribution in [3.05, 3.63) is 89.3 Å². The first-order valence-corrected chi connectivity index (χ1v) is 9.46. The zero-order valence-corrected chi connectivity index (χ0v) is 17.7. The number of halogens is 5. The topological polar surface area (TPSA) is 65.1 Å². The maximum absolute atomic E-state index is 14.2. The van der Waals surface area contributed by atoms with Gasteiger partial charge in [-0.15, -0.1) is 0 Å². The first kappa shape index (κ1) is 24.5. The summed E-state index contributed by atoms with van der Waals surface area (Å²) in [6.07, 6.45) is 0.782. The molecular formula is C23H16F5NO5. The molecule has 0 radical (unpaired) electrons. The Labute approximate surface area is 190 Å². The average molecular weight is 481 g/mol. The molecule has 0 unspecified atom stereocenters. The van der Waals surface area contributed by atoms with Crippen LogP contribution in [0.3, 0.4) is 0 Å². The maximum Gasteiger partial charge on any atom is 0.416 e. The van der Waals surface area contributed by atoms with Gasteiger partial charge in [0, 0.05) is 18.0 Å². The summed E-state index contributed by atoms with van der Waals surface area (Å²) in [5.41, 5.74) is -1.66. The Morgan fingerprint density at radius 1 is 0.912 bits per heavy atom. The van der Waals surface area contributed by atoms with Gasteiger partial charge in [-0.25, -0.2) is 18.4 Å². The Kier molecular flexibility index (Phi) is 7.04. The standard InChI is InChI=1S/C23H16F5NO5/c1-32-21(30)16-8-3-4-9-29(19(16)22(31)33-2)14-6-5-7-15(12-14)34-20-17(24)10-13(11-18(20)25)23(26,27)28/h3-12H,1-2H3. The van der Waals surface area contributed by atoms with Crippen LogP contribution < -0.4 is 9.64 Å². The molecule has 6 nitrogen and oxygen atoms in total. The Bertz CT molecular complexity index is 1190. The molecule has 0 aromatic heterocycles. The van der Waals surface area contributed by atoms with Gasteiger partial charge in [0.05, 0.1) is 25.4 Å². The van der Waals surface area contributed by atoms with Crippen molar-refractivity contribution in [2.45, 2.75) is 6.18 Å². The number of esters is 2. The van der Waals surface area contributed by atoms with Gasteiger partial charge in [-0.1, -0.05) is 12.1 Å². The molecule has 0 spiro atoms. The summed E-state index contributed by atoms with van der Waals surface area (Å²) in [4.78, 5) is 26.0. The molecule has 2 aromatic carbocycles. The molecule has 0 bridgehead atoms. The van der Waals surface area contributed by atoms with Crippen LogP contribution in [0.25, 0.3) is 0 Å². The summed E-state index contributed by atoms with van der Waals surface area (Å²) in [5.74, 6) is -6.03. The van der Waals surface area contributed by atoms with E-state index in [1.807, 2.05) is 0 Å². The minimum absolute atomic E-state index is 0.117. The van der Waals surface area contributed by atoms with Gasteiger partial charge in [0.2, 0.25) is 0 Å². The van der Waals surface area contributed by atoms with E-state index in [4.69, 9.17) is 14.2 Å². The van der Waals surface area contributed by atoms with Crippen molar-refractivity contribution in [2.24, 2.45) is 0 Å². The van der Waals surface area contributed by atoms with Crippen LogP contribution in [-0.4, -0.2) is 26.2 Å². The highest BCUT2D eigenvalue weighted by Crippen LogP contribution is 2.36. The number of carbonyl (C=O) groups is 2. The lowest BCUT2D eigenvalue weighted by atomic mass is 10.1. The molecule has 0 atom stereocenters. The summed E-state index contributed by atoms with van der Waals surface area (Å²) in [6.45, 7) is 0. The number of allylic oxidation sites excluding steroid dienone is 2. The van der Waals surface area contributed by atoms with E-state index in [2.05, 4.69) is 0 Å². The lowest BCUT2D eigenvalue weighted by molar-refractivity contribution is -0.139. The Morgan fingerprint density at radius 2 is 1.56 bits per heavy atom. The molecule has 34 heavy (non-hydrogen) atoms. The van der Waals surface area contributed by atoms with E-state index < -0.39 is 41.1 Å². The van der Waals surface area contributed by atoms with Crippen LogP contribution in [0.15, 0.2) is 72.1 Å². The second kappa shape index (κ2) is 9.77. The number of hydrogen-bond donors (Lipinski definition) is 0. The Hall–Kier alpha value is -4.15. The van der Waals surface area contributed by atoms with E-state index in [1.54, 1.807) is 0 Å². The number of carbonyl (C=O) groups excluding carboxylic acids is 2. The van der Waals surface area contributed by atoms with Crippen molar-refractivity contribution < 1.29 is 45.8 Å². The number of anilines is 1. The molecule has 0 fully saturated rings. The third kappa shape index (κ3) is 5.08. The number of alkyl halides is 3. The van der Waals surface area contributed by atoms with Crippen LogP contribution in [0.4, 0.5) is 27.6 Å². The highest BCUT2D eigenvalue weighted by atomic mass is 19.4. The molecule has 0 N–H and O–H groups in total. The minimum atomic E-state index is -4.94. The number of hydrogen-bond acceptors (Lipinski definition) is 6. The second-order valence-corrected chi connectivity index (χ2v) is 6.68. The fourth-order valence-electron chi connectivity index (χ4n) is 3.00. The number of rotatable bonds is 5. The average Bonchev–Trinajstić information content (AvgIpc) is 3.03. The highest BCUT2D eigenvalue weighted by molar-refractivity contribution is 6.05. The molecule has 1 aliphatic heterocycles. The fourth-order valence-corrected chi connectivity index (χ4v) is 3.00. The van der Waals surface area contributed by atoms with Gasteiger partial charge >= 0.3 is 18.1 Å². The molecule has 0 saturated heterocycles. The van der Waals surface area contributed by atoms with Crippen LogP contribution in [0, 0.1) is 11.6 Å². The van der Waals surface area contributed by atoms with Gasteiger partial charge in [-0.3, -0.25) is 0 Å². The molecule has 0 aliphatic carbocycles. The lowest BCUT2D eigenvalue weighted by Crippen LogP contribution is -2.26. The van der Waals surface area contributed by atoms with Crippen molar-refractivity contribution in [3.63, 3.8) is 0 Å². The van der Waals surface area contributed by atoms with Gasteiger partial charge < -0.3 is 19.1 Å². The van der Waals surface area contributed by atoms with E-state index in [0.29, 0.717) is 0 Å². The Morgan fingerprint density at radius 3 is 2.15 bits per heavy atom. The molecule has 0 saturated carbocycles. The van der Waals surface area contributed by atoms with Gasteiger partial charge in [0.15, 0.2) is 17.4 Å². The predicted octanol–water partition coefficient (Wildman–Crippen LogP) is 5.27. The first-order valence-electron chi connectivity index (χ1n) is 9.46. The van der Waals surface area contributed by atoms with Crippen molar-refractivity contribution in [3.8, 4) is 11.5 Å². The van der Waals surface area contributed by atoms with Crippen molar-refractivity contribution >= 4 is 17.6 Å². The molecular weight excluding hydrogens is 465 g/mol. The Balaban J connectivity index is 2.04. The molecule has 178 valence electrons. The van der Waals surface area contributed by atoms with Crippen LogP contribution in [0.1, 0.15) is 5.56 Å². The molecule has 1 heterocycles. The molecule has 3 rings (SSSR count). The third-order valence-corrected chi connectivity index (χ3v) is 4.53. The monoisotopic (exact) mass is 481 g/mol. The molecule has 1 aliphatic rings. The minimum Gasteiger partial charge on any atom is -0.465 e. The molecule has 11 heteroatoms. The molecule has 0 amide bonds. The zero-order valence-electron chi connectivity index (χ0n) is 17.7. The van der Waals surface area contributed by atoms with E-state index in [0.717, 1.165) is 14.2 Å². The number of nitrogens with zero attached hydrogens (tertiary/aromatic N) is 1. The highest BCUT2D eigenvalue weighted by Gasteiger charge is 2.33. The third-order valence-electron chi connectivity index (χ3n) is 4.53. The van der Waals surface area contributed by atoms with Gasteiger partial charge in [-0.05, 0) is 36.4 Å². The van der Waals surface area contributed by atoms with Gasteiger partial charge in [-0.2, -0.15) is 13.2 Å². The van der Waals surface area contributed by atoms with E-state index in [9.17, 15) is 31.5 Å². The van der Waals surface area contributed by atoms with E-state index in [-0.39, 0.29) is 34.8 Å². The lowest BCUT2D eigenvalue weighted by Gasteiger charge is -2.23. The van der Waals surface area contributed by atoms with Crippen LogP contribution in [0.2, 0.25) is 0 Å². The van der Waals surface area contributed by atoms with Gasteiger partial charge in [0.1, 0.15) is 11.4 Å². The van der Waals surface area contributed by atoms with Crippen LogP contribution in [0.5, 0.6) is 11.5 Å². The quantitative estimate of drug-likeness (QED) is 0.429. The number of methoxy groups -OCH3 is 2. The zero-order chi connectivity index (χ0) is 25.0. The number of benzene rings is 2. The van der Waals surface area contributed by atoms with Crippen molar-refractivity contribution in [2.75, 3.05) is 19.1 Å². The predicted molar refractivity (Wildman–Crippen MR) is 110 cm³/mol. The van der Waals surface area contributed by atoms with E-state index in [1.165, 1.54) is 53.6 Å². The summed E-state index contributed by atoms with van der Waals surface area (Å²) in [5, 5.41) is 0. The largest absolute Gasteiger partial charge is 0.465 e. The fraction of sp³-hybridized carbons (Fsp3) is 0.130. The first-order chi connectivity index (χ1) is 16.1. The summed E-state index contributed by atoms with van der Waals surface area (Å²) >= 11 is 0.